The predicted octanol–water partition coefficient (Wildman–Crippen LogP) is 2.58. The zero-order valence-corrected chi connectivity index (χ0v) is 21.1. The first-order valence-corrected chi connectivity index (χ1v) is 12.3. The number of aliphatic hydroxyl groups is 1. The summed E-state index contributed by atoms with van der Waals surface area (Å²) in [5, 5.41) is 35.5. The second-order valence-corrected chi connectivity index (χ2v) is 8.99. The molecule has 0 amide bonds. The summed E-state index contributed by atoms with van der Waals surface area (Å²) in [6, 6.07) is 12.9. The third kappa shape index (κ3) is 5.68. The Bertz CT molecular complexity index is 1490. The van der Waals surface area contributed by atoms with Crippen molar-refractivity contribution in [2.75, 3.05) is 25.6 Å². The summed E-state index contributed by atoms with van der Waals surface area (Å²) in [5.74, 6) is -0.0790. The topological polar surface area (TPSA) is 189 Å². The van der Waals surface area contributed by atoms with Crippen LogP contribution in [-0.2, 0) is 0 Å². The smallest absolute Gasteiger partial charge is 0.348 e. The number of nitrogens with zero attached hydrogens (tertiary/aromatic N) is 2. The molecule has 4 rings (SSSR count). The van der Waals surface area contributed by atoms with Crippen LogP contribution in [0, 0.1) is 5.41 Å². The van der Waals surface area contributed by atoms with Crippen LogP contribution in [0.3, 0.4) is 0 Å². The Labute approximate surface area is 220 Å². The number of methoxy groups -OCH3 is 1. The fourth-order valence-corrected chi connectivity index (χ4v) is 4.42. The van der Waals surface area contributed by atoms with Gasteiger partial charge in [0, 0.05) is 24.3 Å². The molecule has 2 aromatic heterocycles. The van der Waals surface area contributed by atoms with Crippen LogP contribution in [0.4, 0.5) is 5.69 Å². The molecule has 38 heavy (non-hydrogen) atoms. The molecule has 1 unspecified atom stereocenters. The fourth-order valence-electron chi connectivity index (χ4n) is 3.72. The number of carboxylic acids is 1. The maximum Gasteiger partial charge on any atom is 0.348 e. The number of aromatic amines is 1. The number of ether oxygens (including phenoxy) is 2. The number of anilines is 1. The molecule has 0 aliphatic carbocycles. The number of hydrogen-bond acceptors (Lipinski definition) is 9. The largest absolute Gasteiger partial charge is 0.493 e. The number of benzene rings is 2. The van der Waals surface area contributed by atoms with Crippen LogP contribution in [0.2, 0.25) is 0 Å². The SMILES string of the molecule is COc1cc(C(Nc2ccc(C(=N)N)cc2)c2nn(-c3ccsc3C(=O)O)c(=O)[nH]2)ccc1OCCCO. The van der Waals surface area contributed by atoms with E-state index >= 15 is 0 Å². The lowest BCUT2D eigenvalue weighted by Crippen LogP contribution is -2.17. The van der Waals surface area contributed by atoms with Gasteiger partial charge in [-0.2, -0.15) is 4.68 Å². The number of amidine groups is 1. The molecule has 0 spiro atoms. The van der Waals surface area contributed by atoms with Crippen LogP contribution < -0.4 is 26.2 Å². The van der Waals surface area contributed by atoms with Gasteiger partial charge < -0.3 is 30.7 Å². The van der Waals surface area contributed by atoms with Crippen molar-refractivity contribution < 1.29 is 24.5 Å². The monoisotopic (exact) mass is 538 g/mol. The van der Waals surface area contributed by atoms with Crippen molar-refractivity contribution in [2.24, 2.45) is 5.73 Å². The van der Waals surface area contributed by atoms with E-state index in [2.05, 4.69) is 15.4 Å². The number of aromatic carboxylic acids is 1. The summed E-state index contributed by atoms with van der Waals surface area (Å²) in [5.41, 5.74) is 6.99. The molecule has 12 nitrogen and oxygen atoms in total. The molecule has 198 valence electrons. The first kappa shape index (κ1) is 26.4. The Morgan fingerprint density at radius 1 is 1.24 bits per heavy atom. The average molecular weight is 539 g/mol. The van der Waals surface area contributed by atoms with E-state index in [1.54, 1.807) is 47.8 Å². The molecule has 0 aliphatic heterocycles. The molecule has 0 fully saturated rings. The second-order valence-electron chi connectivity index (χ2n) is 8.07. The highest BCUT2D eigenvalue weighted by atomic mass is 32.1. The molecule has 0 bridgehead atoms. The number of H-pyrrole nitrogens is 1. The third-order valence-corrected chi connectivity index (χ3v) is 6.45. The van der Waals surface area contributed by atoms with Crippen LogP contribution in [0.15, 0.2) is 58.7 Å². The van der Waals surface area contributed by atoms with E-state index in [0.29, 0.717) is 41.3 Å². The van der Waals surface area contributed by atoms with Crippen molar-refractivity contribution in [3.8, 4) is 17.2 Å². The molecule has 0 saturated heterocycles. The number of thiophene rings is 1. The Morgan fingerprint density at radius 2 is 2.00 bits per heavy atom. The van der Waals surface area contributed by atoms with Crippen molar-refractivity contribution in [1.82, 2.24) is 14.8 Å². The van der Waals surface area contributed by atoms with Gasteiger partial charge in [0.05, 0.1) is 19.4 Å². The molecule has 2 aromatic carbocycles. The van der Waals surface area contributed by atoms with Crippen LogP contribution >= 0.6 is 11.3 Å². The van der Waals surface area contributed by atoms with Gasteiger partial charge in [0.2, 0.25) is 0 Å². The number of nitrogen functional groups attached to an aromatic ring is 1. The highest BCUT2D eigenvalue weighted by Crippen LogP contribution is 2.33. The van der Waals surface area contributed by atoms with Gasteiger partial charge in [-0.25, -0.2) is 9.59 Å². The minimum atomic E-state index is -1.16. The minimum absolute atomic E-state index is 0.00143. The lowest BCUT2D eigenvalue weighted by atomic mass is 10.0. The van der Waals surface area contributed by atoms with E-state index < -0.39 is 17.7 Å². The van der Waals surface area contributed by atoms with E-state index in [0.717, 1.165) is 16.0 Å². The quantitative estimate of drug-likeness (QED) is 0.0894. The number of nitrogens with two attached hydrogens (primary N) is 1. The van der Waals surface area contributed by atoms with Gasteiger partial charge in [-0.05, 0) is 53.4 Å². The number of nitrogens with one attached hydrogen (secondary N) is 3. The third-order valence-electron chi connectivity index (χ3n) is 5.56. The highest BCUT2D eigenvalue weighted by molar-refractivity contribution is 7.12. The number of aromatic nitrogens is 3. The number of rotatable bonds is 12. The molecule has 13 heteroatoms. The summed E-state index contributed by atoms with van der Waals surface area (Å²) in [7, 11) is 1.50. The second kappa shape index (κ2) is 11.6. The molecule has 4 aromatic rings. The molecule has 0 saturated carbocycles. The van der Waals surface area contributed by atoms with Crippen molar-refractivity contribution >= 4 is 28.8 Å². The molecular formula is C25H26N6O6S. The first-order chi connectivity index (χ1) is 18.3. The minimum Gasteiger partial charge on any atom is -0.493 e. The van der Waals surface area contributed by atoms with Gasteiger partial charge in [-0.15, -0.1) is 16.4 Å². The van der Waals surface area contributed by atoms with Crippen molar-refractivity contribution in [3.05, 3.63) is 86.2 Å². The Kier molecular flexibility index (Phi) is 8.09. The molecule has 1 atom stereocenters. The Hall–Kier alpha value is -4.62. The van der Waals surface area contributed by atoms with E-state index in [1.807, 2.05) is 0 Å². The summed E-state index contributed by atoms with van der Waals surface area (Å²) >= 11 is 0.994. The van der Waals surface area contributed by atoms with E-state index in [4.69, 9.17) is 25.7 Å². The lowest BCUT2D eigenvalue weighted by Gasteiger charge is -2.20. The standard InChI is InChI=1S/C25H26N6O6S/c1-36-19-13-15(5-8-18(19)37-11-2-10-32)20(28-16-6-3-14(4-7-16)22(26)27)23-29-25(35)31(30-23)17-9-12-38-21(17)24(33)34/h3-9,12-13,20,28,32H,2,10-11H2,1H3,(H3,26,27)(H,33,34)(H,29,30,35). The van der Waals surface area contributed by atoms with Gasteiger partial charge in [0.15, 0.2) is 17.3 Å². The van der Waals surface area contributed by atoms with Gasteiger partial charge >= 0.3 is 11.7 Å². The fraction of sp³-hybridized carbons (Fsp3) is 0.200. The number of carbonyl (C=O) groups is 1. The molecule has 0 aliphatic rings. The first-order valence-electron chi connectivity index (χ1n) is 11.5. The summed E-state index contributed by atoms with van der Waals surface area (Å²) in [6.07, 6.45) is 0.463. The van der Waals surface area contributed by atoms with Gasteiger partial charge in [0.25, 0.3) is 0 Å². The average Bonchev–Trinajstić information content (AvgIpc) is 3.54. The summed E-state index contributed by atoms with van der Waals surface area (Å²) in [6.45, 7) is 0.305. The Morgan fingerprint density at radius 3 is 2.66 bits per heavy atom. The van der Waals surface area contributed by atoms with Gasteiger partial charge in [-0.1, -0.05) is 6.07 Å². The maximum absolute atomic E-state index is 12.9. The van der Waals surface area contributed by atoms with Crippen molar-refractivity contribution in [2.45, 2.75) is 12.5 Å². The van der Waals surface area contributed by atoms with Gasteiger partial charge in [0.1, 0.15) is 16.8 Å². The van der Waals surface area contributed by atoms with Crippen molar-refractivity contribution in [1.29, 1.82) is 5.41 Å². The van der Waals surface area contributed by atoms with Crippen LogP contribution in [0.5, 0.6) is 11.5 Å². The van der Waals surface area contributed by atoms with Gasteiger partial charge in [-0.3, -0.25) is 10.4 Å². The Balaban J connectivity index is 1.76. The molecule has 2 heterocycles. The number of carboxylic acid groups (broad SMARTS) is 1. The summed E-state index contributed by atoms with van der Waals surface area (Å²) in [4.78, 5) is 27.2. The molecule has 7 N–H and O–H groups in total. The predicted molar refractivity (Wildman–Crippen MR) is 142 cm³/mol. The van der Waals surface area contributed by atoms with Crippen LogP contribution in [0.25, 0.3) is 5.69 Å². The van der Waals surface area contributed by atoms with Crippen LogP contribution in [0.1, 0.15) is 39.1 Å². The highest BCUT2D eigenvalue weighted by Gasteiger charge is 2.24. The van der Waals surface area contributed by atoms with E-state index in [-0.39, 0.29) is 28.8 Å². The van der Waals surface area contributed by atoms with E-state index in [9.17, 15) is 14.7 Å². The van der Waals surface area contributed by atoms with Crippen molar-refractivity contribution in [3.63, 3.8) is 0 Å². The van der Waals surface area contributed by atoms with E-state index in [1.165, 1.54) is 13.2 Å². The lowest BCUT2D eigenvalue weighted by molar-refractivity contribution is 0.0702. The number of hydrogen-bond donors (Lipinski definition) is 6. The number of aliphatic hydroxyl groups excluding tert-OH is 1. The summed E-state index contributed by atoms with van der Waals surface area (Å²) < 4.78 is 12.2. The maximum atomic E-state index is 12.9. The van der Waals surface area contributed by atoms with Crippen LogP contribution in [-0.4, -0.2) is 57.1 Å². The normalized spacial score (nSPS) is 11.6. The zero-order valence-electron chi connectivity index (χ0n) is 20.3. The molecular weight excluding hydrogens is 512 g/mol. The zero-order chi connectivity index (χ0) is 27.2. The molecule has 0 radical (unpaired) electrons.